The monoisotopic (exact) mass is 222 g/mol. The number of hydrogen-bond donors (Lipinski definition) is 1. The number of phenolic OH excluding ortho intramolecular Hbond substituents is 1. The first-order valence-corrected chi connectivity index (χ1v) is 5.59. The average Bonchev–Trinajstić information content (AvgIpc) is 2.13. The summed E-state index contributed by atoms with van der Waals surface area (Å²) in [6.07, 6.45) is 0. The second kappa shape index (κ2) is 4.00. The Morgan fingerprint density at radius 2 is 1.44 bits per heavy atom. The lowest BCUT2D eigenvalue weighted by molar-refractivity contribution is 0.366. The highest BCUT2D eigenvalue weighted by Crippen LogP contribution is 2.42. The lowest BCUT2D eigenvalue weighted by Gasteiger charge is -2.27. The zero-order valence-electron chi connectivity index (χ0n) is 11.4. The van der Waals surface area contributed by atoms with Gasteiger partial charge in [-0.3, -0.25) is 0 Å². The molecular weight excluding hydrogens is 200 g/mol. The van der Waals surface area contributed by atoms with Crippen LogP contribution in [-0.2, 0) is 5.41 Å². The van der Waals surface area contributed by atoms with Crippen LogP contribution in [0, 0.1) is 20.8 Å². The molecule has 0 aliphatic heterocycles. The molecular formula is C14H22O2. The fraction of sp³-hybridized carbons (Fsp3) is 0.571. The van der Waals surface area contributed by atoms with Gasteiger partial charge in [-0.2, -0.15) is 0 Å². The number of methoxy groups -OCH3 is 1. The van der Waals surface area contributed by atoms with E-state index in [0.29, 0.717) is 5.75 Å². The van der Waals surface area contributed by atoms with E-state index in [2.05, 4.69) is 27.7 Å². The van der Waals surface area contributed by atoms with Crippen molar-refractivity contribution in [3.8, 4) is 11.5 Å². The predicted octanol–water partition coefficient (Wildman–Crippen LogP) is 3.62. The first-order valence-electron chi connectivity index (χ1n) is 5.59. The molecule has 0 atom stereocenters. The number of benzene rings is 1. The highest BCUT2D eigenvalue weighted by atomic mass is 16.5. The van der Waals surface area contributed by atoms with Crippen molar-refractivity contribution >= 4 is 0 Å². The van der Waals surface area contributed by atoms with Gasteiger partial charge in [0.2, 0.25) is 0 Å². The lowest BCUT2D eigenvalue weighted by Crippen LogP contribution is -2.16. The van der Waals surface area contributed by atoms with Crippen LogP contribution in [-0.4, -0.2) is 12.2 Å². The largest absolute Gasteiger partial charge is 0.504 e. The van der Waals surface area contributed by atoms with Gasteiger partial charge in [0.15, 0.2) is 11.5 Å². The summed E-state index contributed by atoms with van der Waals surface area (Å²) in [5.41, 5.74) is 4.42. The molecule has 0 aliphatic carbocycles. The van der Waals surface area contributed by atoms with Gasteiger partial charge in [-0.15, -0.1) is 0 Å². The number of ether oxygens (including phenoxy) is 1. The molecule has 0 amide bonds. The molecule has 0 spiro atoms. The van der Waals surface area contributed by atoms with Gasteiger partial charge in [0.25, 0.3) is 0 Å². The summed E-state index contributed by atoms with van der Waals surface area (Å²) in [5, 5.41) is 10.0. The molecule has 1 aromatic carbocycles. The van der Waals surface area contributed by atoms with Crippen molar-refractivity contribution < 1.29 is 9.84 Å². The first kappa shape index (κ1) is 12.9. The van der Waals surface area contributed by atoms with E-state index in [1.54, 1.807) is 7.11 Å². The van der Waals surface area contributed by atoms with E-state index < -0.39 is 0 Å². The van der Waals surface area contributed by atoms with Gasteiger partial charge >= 0.3 is 0 Å². The molecule has 2 heteroatoms. The van der Waals surface area contributed by atoms with Crippen molar-refractivity contribution in [3.63, 3.8) is 0 Å². The van der Waals surface area contributed by atoms with E-state index in [0.717, 1.165) is 16.7 Å². The summed E-state index contributed by atoms with van der Waals surface area (Å²) in [7, 11) is 1.60. The molecule has 0 saturated carbocycles. The number of rotatable bonds is 1. The van der Waals surface area contributed by atoms with E-state index >= 15 is 0 Å². The fourth-order valence-corrected chi connectivity index (χ4v) is 2.48. The molecule has 0 aromatic heterocycles. The summed E-state index contributed by atoms with van der Waals surface area (Å²) in [6.45, 7) is 12.5. The van der Waals surface area contributed by atoms with Crippen LogP contribution in [0.5, 0.6) is 11.5 Å². The lowest BCUT2D eigenvalue weighted by atomic mass is 9.79. The SMILES string of the molecule is COc1c(C)c(C(C)(C)C)c(C)c(C)c1O. The molecule has 1 N–H and O–H groups in total. The van der Waals surface area contributed by atoms with Gasteiger partial charge in [-0.1, -0.05) is 20.8 Å². The maximum Gasteiger partial charge on any atom is 0.163 e. The average molecular weight is 222 g/mol. The second-order valence-electron chi connectivity index (χ2n) is 5.38. The van der Waals surface area contributed by atoms with Crippen molar-refractivity contribution in [3.05, 3.63) is 22.3 Å². The van der Waals surface area contributed by atoms with Crippen molar-refractivity contribution in [2.45, 2.75) is 47.0 Å². The Kier molecular flexibility index (Phi) is 3.22. The molecule has 0 heterocycles. The Balaban J connectivity index is 3.69. The third-order valence-electron chi connectivity index (χ3n) is 3.18. The van der Waals surface area contributed by atoms with Gasteiger partial charge in [0, 0.05) is 0 Å². The number of phenols is 1. The van der Waals surface area contributed by atoms with Gasteiger partial charge < -0.3 is 9.84 Å². The minimum absolute atomic E-state index is 0.0555. The van der Waals surface area contributed by atoms with E-state index in [9.17, 15) is 5.11 Å². The molecule has 0 aliphatic rings. The second-order valence-corrected chi connectivity index (χ2v) is 5.38. The highest BCUT2D eigenvalue weighted by molar-refractivity contribution is 5.59. The quantitative estimate of drug-likeness (QED) is 0.786. The molecule has 0 bridgehead atoms. The minimum Gasteiger partial charge on any atom is -0.504 e. The summed E-state index contributed by atoms with van der Waals surface area (Å²) in [4.78, 5) is 0. The topological polar surface area (TPSA) is 29.5 Å². The first-order chi connectivity index (χ1) is 7.21. The van der Waals surface area contributed by atoms with Gasteiger partial charge in [0.05, 0.1) is 7.11 Å². The van der Waals surface area contributed by atoms with Crippen molar-refractivity contribution in [2.24, 2.45) is 0 Å². The predicted molar refractivity (Wildman–Crippen MR) is 67.6 cm³/mol. The molecule has 0 saturated heterocycles. The van der Waals surface area contributed by atoms with E-state index in [4.69, 9.17) is 4.74 Å². The summed E-state index contributed by atoms with van der Waals surface area (Å²) in [5.74, 6) is 0.874. The van der Waals surface area contributed by atoms with Crippen LogP contribution in [0.4, 0.5) is 0 Å². The smallest absolute Gasteiger partial charge is 0.163 e. The molecule has 0 radical (unpaired) electrons. The molecule has 16 heavy (non-hydrogen) atoms. The van der Waals surface area contributed by atoms with Gasteiger partial charge in [-0.05, 0) is 48.4 Å². The van der Waals surface area contributed by atoms with Gasteiger partial charge in [0.1, 0.15) is 0 Å². The molecule has 1 rings (SSSR count). The molecule has 0 fully saturated rings. The van der Waals surface area contributed by atoms with E-state index in [-0.39, 0.29) is 11.2 Å². The number of aromatic hydroxyl groups is 1. The zero-order valence-corrected chi connectivity index (χ0v) is 11.4. The molecule has 90 valence electrons. The normalized spacial score (nSPS) is 11.7. The summed E-state index contributed by atoms with van der Waals surface area (Å²) >= 11 is 0. The van der Waals surface area contributed by atoms with Crippen LogP contribution in [0.1, 0.15) is 43.0 Å². The van der Waals surface area contributed by atoms with Crippen LogP contribution < -0.4 is 4.74 Å². The molecule has 1 aromatic rings. The summed E-state index contributed by atoms with van der Waals surface area (Å²) in [6, 6.07) is 0. The fourth-order valence-electron chi connectivity index (χ4n) is 2.48. The Hall–Kier alpha value is -1.18. The molecule has 0 unspecified atom stereocenters. The van der Waals surface area contributed by atoms with E-state index in [1.165, 1.54) is 5.56 Å². The van der Waals surface area contributed by atoms with Crippen molar-refractivity contribution in [1.29, 1.82) is 0 Å². The maximum atomic E-state index is 10.0. The highest BCUT2D eigenvalue weighted by Gasteiger charge is 2.25. The van der Waals surface area contributed by atoms with Crippen molar-refractivity contribution in [2.75, 3.05) is 7.11 Å². The Bertz CT molecular complexity index is 412. The van der Waals surface area contributed by atoms with Crippen LogP contribution in [0.15, 0.2) is 0 Å². The van der Waals surface area contributed by atoms with E-state index in [1.807, 2.05) is 13.8 Å². The van der Waals surface area contributed by atoms with Gasteiger partial charge in [-0.25, -0.2) is 0 Å². The third-order valence-corrected chi connectivity index (χ3v) is 3.18. The Morgan fingerprint density at radius 3 is 1.81 bits per heavy atom. The third kappa shape index (κ3) is 1.89. The van der Waals surface area contributed by atoms with Crippen molar-refractivity contribution in [1.82, 2.24) is 0 Å². The maximum absolute atomic E-state index is 10.0. The van der Waals surface area contributed by atoms with Crippen LogP contribution >= 0.6 is 0 Å². The van der Waals surface area contributed by atoms with Crippen LogP contribution in [0.25, 0.3) is 0 Å². The Morgan fingerprint density at radius 1 is 0.938 bits per heavy atom. The standard InChI is InChI=1S/C14H22O2/c1-8-9(2)12(15)13(16-7)10(3)11(8)14(4,5)6/h15H,1-7H3. The minimum atomic E-state index is 0.0555. The zero-order chi connectivity index (χ0) is 12.7. The number of hydrogen-bond acceptors (Lipinski definition) is 2. The van der Waals surface area contributed by atoms with Crippen LogP contribution in [0.2, 0.25) is 0 Å². The Labute approximate surface area is 98.3 Å². The molecule has 2 nitrogen and oxygen atoms in total. The van der Waals surface area contributed by atoms with Crippen LogP contribution in [0.3, 0.4) is 0 Å². The summed E-state index contributed by atoms with van der Waals surface area (Å²) < 4.78 is 5.30.